The van der Waals surface area contributed by atoms with Gasteiger partial charge in [0.15, 0.2) is 0 Å². The Hall–Kier alpha value is -3.13. The zero-order chi connectivity index (χ0) is 20.3. The van der Waals surface area contributed by atoms with Gasteiger partial charge in [0.2, 0.25) is 0 Å². The third kappa shape index (κ3) is 4.40. The number of amides is 1. The summed E-state index contributed by atoms with van der Waals surface area (Å²) in [5.41, 5.74) is -0.123. The minimum atomic E-state index is -0.576. The highest BCUT2D eigenvalue weighted by Crippen LogP contribution is 2.34. The van der Waals surface area contributed by atoms with Gasteiger partial charge in [-0.05, 0) is 44.2 Å². The fourth-order valence-corrected chi connectivity index (χ4v) is 3.52. The Labute approximate surface area is 164 Å². The number of rotatable bonds is 6. The standard InChI is InChI=1S/C20H17FN2O4S/c1-12-7-9-17(27-12)13(2)22-20(24)15-11-14(23(25)26)8-10-18(15)28-19-6-4-3-5-16(19)21/h3-11,13H,1-2H3,(H,22,24). The molecule has 2 aromatic carbocycles. The second-order valence-electron chi connectivity index (χ2n) is 6.11. The molecule has 1 unspecified atom stereocenters. The third-order valence-corrected chi connectivity index (χ3v) is 5.14. The lowest BCUT2D eigenvalue weighted by Crippen LogP contribution is -2.27. The number of carbonyl (C=O) groups excluding carboxylic acids is 1. The van der Waals surface area contributed by atoms with E-state index in [0.29, 0.717) is 21.3 Å². The van der Waals surface area contributed by atoms with Gasteiger partial charge in [-0.2, -0.15) is 0 Å². The topological polar surface area (TPSA) is 85.4 Å². The highest BCUT2D eigenvalue weighted by atomic mass is 32.2. The van der Waals surface area contributed by atoms with Gasteiger partial charge in [0, 0.05) is 21.9 Å². The molecule has 0 saturated carbocycles. The Morgan fingerprint density at radius 2 is 1.93 bits per heavy atom. The number of nitrogens with zero attached hydrogens (tertiary/aromatic N) is 1. The predicted molar refractivity (Wildman–Crippen MR) is 103 cm³/mol. The first-order valence-corrected chi connectivity index (χ1v) is 9.25. The molecule has 8 heteroatoms. The fourth-order valence-electron chi connectivity index (χ4n) is 2.58. The van der Waals surface area contributed by atoms with Gasteiger partial charge in [0.05, 0.1) is 16.5 Å². The van der Waals surface area contributed by atoms with Crippen molar-refractivity contribution in [2.45, 2.75) is 29.7 Å². The number of hydrogen-bond acceptors (Lipinski definition) is 5. The summed E-state index contributed by atoms with van der Waals surface area (Å²) in [5.74, 6) is 0.336. The molecule has 144 valence electrons. The minimum absolute atomic E-state index is 0.0950. The van der Waals surface area contributed by atoms with Crippen LogP contribution in [-0.4, -0.2) is 10.8 Å². The van der Waals surface area contributed by atoms with Crippen molar-refractivity contribution >= 4 is 23.4 Å². The SMILES string of the molecule is Cc1ccc(C(C)NC(=O)c2cc([N+](=O)[O-])ccc2Sc2ccccc2F)o1. The highest BCUT2D eigenvalue weighted by Gasteiger charge is 2.21. The molecule has 28 heavy (non-hydrogen) atoms. The first-order chi connectivity index (χ1) is 13.3. The summed E-state index contributed by atoms with van der Waals surface area (Å²) in [5, 5.41) is 13.9. The third-order valence-electron chi connectivity index (χ3n) is 4.01. The number of nitro groups is 1. The van der Waals surface area contributed by atoms with Crippen LogP contribution in [0.1, 0.15) is 34.8 Å². The van der Waals surface area contributed by atoms with Crippen LogP contribution in [-0.2, 0) is 0 Å². The van der Waals surface area contributed by atoms with E-state index in [1.165, 1.54) is 24.3 Å². The molecule has 1 heterocycles. The van der Waals surface area contributed by atoms with E-state index in [4.69, 9.17) is 4.42 Å². The number of non-ortho nitro benzene ring substituents is 1. The van der Waals surface area contributed by atoms with Crippen molar-refractivity contribution < 1.29 is 18.5 Å². The molecule has 0 spiro atoms. The number of halogens is 1. The molecule has 0 fully saturated rings. The molecule has 6 nitrogen and oxygen atoms in total. The molecule has 0 aliphatic rings. The fraction of sp³-hybridized carbons (Fsp3) is 0.150. The van der Waals surface area contributed by atoms with Gasteiger partial charge in [-0.15, -0.1) is 0 Å². The summed E-state index contributed by atoms with van der Waals surface area (Å²) in [6.45, 7) is 3.54. The summed E-state index contributed by atoms with van der Waals surface area (Å²) in [7, 11) is 0. The first kappa shape index (κ1) is 19.6. The van der Waals surface area contributed by atoms with Crippen molar-refractivity contribution in [1.29, 1.82) is 0 Å². The maximum atomic E-state index is 14.0. The Bertz CT molecular complexity index is 1030. The summed E-state index contributed by atoms with van der Waals surface area (Å²) >= 11 is 1.03. The maximum Gasteiger partial charge on any atom is 0.270 e. The molecule has 0 aliphatic heterocycles. The molecule has 3 aromatic rings. The van der Waals surface area contributed by atoms with E-state index in [1.807, 2.05) is 0 Å². The molecule has 1 aromatic heterocycles. The van der Waals surface area contributed by atoms with E-state index < -0.39 is 22.7 Å². The number of benzene rings is 2. The van der Waals surface area contributed by atoms with Crippen molar-refractivity contribution in [3.63, 3.8) is 0 Å². The second kappa shape index (κ2) is 8.26. The van der Waals surface area contributed by atoms with Crippen LogP contribution in [0.2, 0.25) is 0 Å². The quantitative estimate of drug-likeness (QED) is 0.450. The number of furan rings is 1. The summed E-state index contributed by atoms with van der Waals surface area (Å²) in [6, 6.07) is 13.2. The molecule has 1 atom stereocenters. The molecule has 3 rings (SSSR count). The molecule has 0 radical (unpaired) electrons. The van der Waals surface area contributed by atoms with Crippen LogP contribution < -0.4 is 5.32 Å². The van der Waals surface area contributed by atoms with Crippen molar-refractivity contribution in [2.24, 2.45) is 0 Å². The molecule has 1 N–H and O–H groups in total. The van der Waals surface area contributed by atoms with Crippen molar-refractivity contribution in [2.75, 3.05) is 0 Å². The largest absolute Gasteiger partial charge is 0.464 e. The first-order valence-electron chi connectivity index (χ1n) is 8.43. The summed E-state index contributed by atoms with van der Waals surface area (Å²) in [4.78, 5) is 24.1. The molecule has 0 saturated heterocycles. The lowest BCUT2D eigenvalue weighted by atomic mass is 10.1. The van der Waals surface area contributed by atoms with Gasteiger partial charge in [-0.25, -0.2) is 4.39 Å². The summed E-state index contributed by atoms with van der Waals surface area (Å²) in [6.07, 6.45) is 0. The Balaban J connectivity index is 1.92. The number of carbonyl (C=O) groups is 1. The summed E-state index contributed by atoms with van der Waals surface area (Å²) < 4.78 is 19.5. The zero-order valence-electron chi connectivity index (χ0n) is 15.1. The average Bonchev–Trinajstić information content (AvgIpc) is 3.10. The van der Waals surface area contributed by atoms with Crippen LogP contribution in [0.5, 0.6) is 0 Å². The van der Waals surface area contributed by atoms with Gasteiger partial charge in [0.25, 0.3) is 11.6 Å². The molecule has 1 amide bonds. The van der Waals surface area contributed by atoms with Crippen LogP contribution in [0, 0.1) is 22.9 Å². The highest BCUT2D eigenvalue weighted by molar-refractivity contribution is 7.99. The van der Waals surface area contributed by atoms with Crippen molar-refractivity contribution in [3.05, 3.63) is 87.6 Å². The van der Waals surface area contributed by atoms with Crippen molar-refractivity contribution in [1.82, 2.24) is 5.32 Å². The smallest absolute Gasteiger partial charge is 0.270 e. The lowest BCUT2D eigenvalue weighted by Gasteiger charge is -2.14. The monoisotopic (exact) mass is 400 g/mol. The number of aryl methyl sites for hydroxylation is 1. The average molecular weight is 400 g/mol. The predicted octanol–water partition coefficient (Wildman–Crippen LogP) is 5.28. The van der Waals surface area contributed by atoms with Gasteiger partial charge < -0.3 is 9.73 Å². The molecular formula is C20H17FN2O4S. The lowest BCUT2D eigenvalue weighted by molar-refractivity contribution is -0.384. The van der Waals surface area contributed by atoms with Crippen LogP contribution >= 0.6 is 11.8 Å². The molecule has 0 bridgehead atoms. The van der Waals surface area contributed by atoms with E-state index >= 15 is 0 Å². The van der Waals surface area contributed by atoms with E-state index in [0.717, 1.165) is 11.8 Å². The van der Waals surface area contributed by atoms with Crippen LogP contribution in [0.15, 0.2) is 68.8 Å². The Kier molecular flexibility index (Phi) is 5.79. The van der Waals surface area contributed by atoms with Gasteiger partial charge >= 0.3 is 0 Å². The normalized spacial score (nSPS) is 11.8. The number of nitro benzene ring substituents is 1. The van der Waals surface area contributed by atoms with Crippen LogP contribution in [0.4, 0.5) is 10.1 Å². The molecule has 0 aliphatic carbocycles. The van der Waals surface area contributed by atoms with Gasteiger partial charge in [-0.1, -0.05) is 23.9 Å². The van der Waals surface area contributed by atoms with E-state index in [2.05, 4.69) is 5.32 Å². The molecular weight excluding hydrogens is 383 g/mol. The maximum absolute atomic E-state index is 14.0. The van der Waals surface area contributed by atoms with Crippen molar-refractivity contribution in [3.8, 4) is 0 Å². The van der Waals surface area contributed by atoms with Crippen LogP contribution in [0.25, 0.3) is 0 Å². The second-order valence-corrected chi connectivity index (χ2v) is 7.20. The van der Waals surface area contributed by atoms with Gasteiger partial charge in [0.1, 0.15) is 17.3 Å². The number of hydrogen-bond donors (Lipinski definition) is 1. The Morgan fingerprint density at radius 3 is 2.57 bits per heavy atom. The van der Waals surface area contributed by atoms with E-state index in [-0.39, 0.29) is 11.3 Å². The van der Waals surface area contributed by atoms with E-state index in [9.17, 15) is 19.3 Å². The van der Waals surface area contributed by atoms with Crippen LogP contribution in [0.3, 0.4) is 0 Å². The number of nitrogens with one attached hydrogen (secondary N) is 1. The zero-order valence-corrected chi connectivity index (χ0v) is 16.0. The van der Waals surface area contributed by atoms with Gasteiger partial charge in [-0.3, -0.25) is 14.9 Å². The Morgan fingerprint density at radius 1 is 1.18 bits per heavy atom. The van der Waals surface area contributed by atoms with E-state index in [1.54, 1.807) is 44.2 Å². The minimum Gasteiger partial charge on any atom is -0.464 e.